The number of ether oxygens (including phenoxy) is 1. The number of nitrogens with zero attached hydrogens (tertiary/aromatic N) is 2. The number of anilines is 2. The summed E-state index contributed by atoms with van der Waals surface area (Å²) < 4.78 is 5.37. The monoisotopic (exact) mass is 305 g/mol. The molecular weight excluding hydrogens is 290 g/mol. The van der Waals surface area contributed by atoms with Crippen molar-refractivity contribution < 1.29 is 4.74 Å². The highest BCUT2D eigenvalue weighted by Gasteiger charge is 2.16. The van der Waals surface area contributed by atoms with Crippen molar-refractivity contribution >= 4 is 39.7 Å². The Kier molecular flexibility index (Phi) is 3.72. The molecule has 1 aliphatic rings. The van der Waals surface area contributed by atoms with Gasteiger partial charge in [0.25, 0.3) is 5.56 Å². The topological polar surface area (TPSA) is 96.3 Å². The molecule has 21 heavy (non-hydrogen) atoms. The van der Waals surface area contributed by atoms with Gasteiger partial charge in [-0.25, -0.2) is 4.98 Å². The summed E-state index contributed by atoms with van der Waals surface area (Å²) in [6.07, 6.45) is 1.27. The zero-order chi connectivity index (χ0) is 14.8. The van der Waals surface area contributed by atoms with E-state index in [4.69, 9.17) is 22.7 Å². The molecule has 2 aromatic rings. The Balaban J connectivity index is 2.12. The molecule has 0 unspecified atom stereocenters. The predicted molar refractivity (Wildman–Crippen MR) is 85.8 cm³/mol. The molecule has 7 nitrogen and oxygen atoms in total. The van der Waals surface area contributed by atoms with E-state index in [9.17, 15) is 4.79 Å². The summed E-state index contributed by atoms with van der Waals surface area (Å²) in [5.74, 6) is 0. The molecule has 3 rings (SSSR count). The Hall–Kier alpha value is -2.19. The molecule has 1 aliphatic heterocycles. The predicted octanol–water partition coefficient (Wildman–Crippen LogP) is 0.415. The van der Waals surface area contributed by atoms with Crippen LogP contribution < -0.4 is 21.5 Å². The second-order valence-corrected chi connectivity index (χ2v) is 5.16. The van der Waals surface area contributed by atoms with Crippen molar-refractivity contribution in [3.63, 3.8) is 0 Å². The summed E-state index contributed by atoms with van der Waals surface area (Å²) in [5.41, 5.74) is 8.38. The van der Waals surface area contributed by atoms with Gasteiger partial charge < -0.3 is 25.7 Å². The van der Waals surface area contributed by atoms with Gasteiger partial charge in [0.1, 0.15) is 0 Å². The summed E-state index contributed by atoms with van der Waals surface area (Å²) in [6, 6.07) is 3.71. The zero-order valence-corrected chi connectivity index (χ0v) is 12.1. The highest BCUT2D eigenvalue weighted by atomic mass is 32.1. The summed E-state index contributed by atoms with van der Waals surface area (Å²) in [7, 11) is 0. The summed E-state index contributed by atoms with van der Waals surface area (Å²) >= 11 is 4.92. The molecular formula is C13H15N5O2S. The van der Waals surface area contributed by atoms with Gasteiger partial charge in [-0.05, 0) is 24.4 Å². The number of nitrogens with one attached hydrogen (secondary N) is 2. The van der Waals surface area contributed by atoms with Crippen LogP contribution in [0.1, 0.15) is 0 Å². The number of morpholine rings is 1. The van der Waals surface area contributed by atoms with Crippen molar-refractivity contribution in [2.24, 2.45) is 5.73 Å². The van der Waals surface area contributed by atoms with E-state index in [-0.39, 0.29) is 10.7 Å². The van der Waals surface area contributed by atoms with Crippen LogP contribution in [-0.4, -0.2) is 41.4 Å². The molecule has 8 heteroatoms. The minimum atomic E-state index is -0.247. The molecule has 0 atom stereocenters. The third-order valence-electron chi connectivity index (χ3n) is 3.30. The Morgan fingerprint density at radius 2 is 2.19 bits per heavy atom. The number of aromatic nitrogens is 2. The van der Waals surface area contributed by atoms with Crippen LogP contribution >= 0.6 is 12.2 Å². The van der Waals surface area contributed by atoms with Gasteiger partial charge in [0.05, 0.1) is 41.8 Å². The lowest BCUT2D eigenvalue weighted by molar-refractivity contribution is 0.123. The maximum atomic E-state index is 11.4. The number of fused-ring (bicyclic) bond motifs is 1. The molecule has 0 spiro atoms. The Labute approximate surface area is 126 Å². The van der Waals surface area contributed by atoms with E-state index in [0.717, 1.165) is 24.5 Å². The average Bonchev–Trinajstić information content (AvgIpc) is 2.47. The van der Waals surface area contributed by atoms with Crippen molar-refractivity contribution in [1.29, 1.82) is 0 Å². The highest BCUT2D eigenvalue weighted by Crippen LogP contribution is 2.30. The van der Waals surface area contributed by atoms with Crippen LogP contribution in [0.15, 0.2) is 23.1 Å². The fourth-order valence-electron chi connectivity index (χ4n) is 2.38. The van der Waals surface area contributed by atoms with Gasteiger partial charge in [-0.2, -0.15) is 0 Å². The first kappa shape index (κ1) is 13.8. The highest BCUT2D eigenvalue weighted by molar-refractivity contribution is 7.80. The molecule has 0 radical (unpaired) electrons. The SMILES string of the molecule is NC(=S)Nc1cc2[nH]c(=O)cnc2cc1N1CCOCC1. The molecule has 1 saturated heterocycles. The van der Waals surface area contributed by atoms with Gasteiger partial charge in [0.15, 0.2) is 5.11 Å². The first-order valence-electron chi connectivity index (χ1n) is 6.56. The van der Waals surface area contributed by atoms with Gasteiger partial charge in [-0.15, -0.1) is 0 Å². The number of rotatable bonds is 2. The van der Waals surface area contributed by atoms with Crippen molar-refractivity contribution in [1.82, 2.24) is 9.97 Å². The quantitative estimate of drug-likeness (QED) is 0.692. The molecule has 1 fully saturated rings. The Morgan fingerprint density at radius 3 is 2.90 bits per heavy atom. The van der Waals surface area contributed by atoms with E-state index < -0.39 is 0 Å². The lowest BCUT2D eigenvalue weighted by Gasteiger charge is -2.30. The van der Waals surface area contributed by atoms with Crippen LogP contribution in [-0.2, 0) is 4.74 Å². The maximum absolute atomic E-state index is 11.4. The van der Waals surface area contributed by atoms with E-state index in [1.165, 1.54) is 6.20 Å². The van der Waals surface area contributed by atoms with Crippen molar-refractivity contribution in [2.75, 3.05) is 36.5 Å². The molecule has 110 valence electrons. The van der Waals surface area contributed by atoms with Crippen LogP contribution in [0.3, 0.4) is 0 Å². The van der Waals surface area contributed by atoms with Gasteiger partial charge in [-0.1, -0.05) is 0 Å². The normalized spacial score (nSPS) is 15.1. The molecule has 2 heterocycles. The minimum absolute atomic E-state index is 0.176. The molecule has 0 saturated carbocycles. The van der Waals surface area contributed by atoms with Gasteiger partial charge in [0.2, 0.25) is 0 Å². The van der Waals surface area contributed by atoms with Gasteiger partial charge in [0, 0.05) is 13.1 Å². The number of hydrogen-bond donors (Lipinski definition) is 3. The van der Waals surface area contributed by atoms with Crippen LogP contribution in [0.4, 0.5) is 11.4 Å². The molecule has 0 aliphatic carbocycles. The fraction of sp³-hybridized carbons (Fsp3) is 0.308. The van der Waals surface area contributed by atoms with Crippen molar-refractivity contribution in [3.05, 3.63) is 28.7 Å². The van der Waals surface area contributed by atoms with Crippen LogP contribution in [0.5, 0.6) is 0 Å². The Morgan fingerprint density at radius 1 is 1.43 bits per heavy atom. The summed E-state index contributed by atoms with van der Waals surface area (Å²) in [5, 5.41) is 3.14. The molecule has 0 amide bonds. The fourth-order valence-corrected chi connectivity index (χ4v) is 2.49. The minimum Gasteiger partial charge on any atom is -0.378 e. The van der Waals surface area contributed by atoms with E-state index >= 15 is 0 Å². The van der Waals surface area contributed by atoms with E-state index in [0.29, 0.717) is 24.2 Å². The molecule has 1 aromatic carbocycles. The number of nitrogens with two attached hydrogens (primary N) is 1. The van der Waals surface area contributed by atoms with E-state index in [2.05, 4.69) is 20.2 Å². The largest absolute Gasteiger partial charge is 0.378 e. The third-order valence-corrected chi connectivity index (χ3v) is 3.40. The third kappa shape index (κ3) is 2.96. The van der Waals surface area contributed by atoms with Gasteiger partial charge in [-0.3, -0.25) is 4.79 Å². The number of H-pyrrole nitrogens is 1. The lowest BCUT2D eigenvalue weighted by atomic mass is 10.2. The smallest absolute Gasteiger partial charge is 0.266 e. The number of benzene rings is 1. The molecule has 0 bridgehead atoms. The maximum Gasteiger partial charge on any atom is 0.266 e. The number of thiocarbonyl (C=S) groups is 1. The number of hydrogen-bond acceptors (Lipinski definition) is 5. The van der Waals surface area contributed by atoms with Crippen LogP contribution in [0.25, 0.3) is 11.0 Å². The summed E-state index contributed by atoms with van der Waals surface area (Å²) in [4.78, 5) is 20.5. The van der Waals surface area contributed by atoms with E-state index in [1.807, 2.05) is 6.07 Å². The number of aromatic amines is 1. The Bertz CT molecular complexity index is 739. The van der Waals surface area contributed by atoms with Crippen molar-refractivity contribution in [2.45, 2.75) is 0 Å². The molecule has 4 N–H and O–H groups in total. The lowest BCUT2D eigenvalue weighted by Crippen LogP contribution is -2.37. The second kappa shape index (κ2) is 5.66. The van der Waals surface area contributed by atoms with Crippen LogP contribution in [0.2, 0.25) is 0 Å². The first-order valence-corrected chi connectivity index (χ1v) is 6.96. The van der Waals surface area contributed by atoms with Crippen molar-refractivity contribution in [3.8, 4) is 0 Å². The zero-order valence-electron chi connectivity index (χ0n) is 11.3. The second-order valence-electron chi connectivity index (χ2n) is 4.72. The summed E-state index contributed by atoms with van der Waals surface area (Å²) in [6.45, 7) is 2.90. The first-order chi connectivity index (χ1) is 10.1. The van der Waals surface area contributed by atoms with E-state index in [1.54, 1.807) is 6.07 Å². The average molecular weight is 305 g/mol. The standard InChI is InChI=1S/C13H15N5O2S/c14-13(21)17-10-5-9-8(15-7-12(19)16-9)6-11(10)18-1-3-20-4-2-18/h5-7H,1-4H2,(H,16,19)(H3,14,17,21). The molecule has 1 aromatic heterocycles. The van der Waals surface area contributed by atoms with Crippen LogP contribution in [0, 0.1) is 0 Å². The van der Waals surface area contributed by atoms with Gasteiger partial charge >= 0.3 is 0 Å².